The second-order valence-electron chi connectivity index (χ2n) is 5.31. The van der Waals surface area contributed by atoms with Crippen molar-refractivity contribution >= 4 is 35.3 Å². The van der Waals surface area contributed by atoms with Crippen molar-refractivity contribution in [1.29, 1.82) is 0 Å². The number of hydrogen-bond acceptors (Lipinski definition) is 6. The molecule has 1 unspecified atom stereocenters. The Morgan fingerprint density at radius 1 is 1.54 bits per heavy atom. The first-order chi connectivity index (χ1) is 11.1. The van der Waals surface area contributed by atoms with E-state index in [0.29, 0.717) is 29.4 Å². The number of thiophene rings is 1. The van der Waals surface area contributed by atoms with Crippen molar-refractivity contribution in [3.8, 4) is 0 Å². The molecule has 0 aliphatic carbocycles. The number of pyridine rings is 1. The van der Waals surface area contributed by atoms with Crippen LogP contribution in [0, 0.1) is 17.0 Å². The first-order valence-corrected chi connectivity index (χ1v) is 8.06. The number of nitrogens with one attached hydrogen (secondary N) is 1. The molecule has 9 heteroatoms. The van der Waals surface area contributed by atoms with Gasteiger partial charge in [-0.05, 0) is 18.6 Å². The lowest BCUT2D eigenvalue weighted by atomic mass is 10.1. The minimum Gasteiger partial charge on any atom is -0.328 e. The van der Waals surface area contributed by atoms with Crippen molar-refractivity contribution in [1.82, 2.24) is 15.2 Å². The van der Waals surface area contributed by atoms with Crippen LogP contribution in [0.1, 0.15) is 26.2 Å². The number of aromatic nitrogens is 1. The molecule has 1 saturated heterocycles. The van der Waals surface area contributed by atoms with Crippen molar-refractivity contribution in [2.75, 3.05) is 19.6 Å². The minimum absolute atomic E-state index is 0. The van der Waals surface area contributed by atoms with Crippen LogP contribution in [-0.4, -0.2) is 40.3 Å². The zero-order valence-electron chi connectivity index (χ0n) is 13.0. The first-order valence-electron chi connectivity index (χ1n) is 7.24. The molecule has 0 spiro atoms. The molecule has 1 aliphatic heterocycles. The van der Waals surface area contributed by atoms with E-state index in [-0.39, 0.29) is 30.0 Å². The number of nitro groups is 1. The van der Waals surface area contributed by atoms with E-state index in [1.54, 1.807) is 24.2 Å². The van der Waals surface area contributed by atoms with Crippen molar-refractivity contribution in [2.24, 2.45) is 0 Å². The SMILES string of the molecule is Cc1sc(C(=O)N2CCNCC2c2cccnc2)cc1[N+](=O)[O-].Cl. The van der Waals surface area contributed by atoms with E-state index in [1.165, 1.54) is 17.4 Å². The van der Waals surface area contributed by atoms with Crippen molar-refractivity contribution in [3.05, 3.63) is 56.0 Å². The van der Waals surface area contributed by atoms with Gasteiger partial charge in [-0.15, -0.1) is 23.7 Å². The first kappa shape index (κ1) is 18.3. The van der Waals surface area contributed by atoms with Gasteiger partial charge in [-0.2, -0.15) is 0 Å². The lowest BCUT2D eigenvalue weighted by molar-refractivity contribution is -0.385. The van der Waals surface area contributed by atoms with Gasteiger partial charge in [-0.25, -0.2) is 0 Å². The van der Waals surface area contributed by atoms with Crippen LogP contribution in [0.25, 0.3) is 0 Å². The molecule has 0 radical (unpaired) electrons. The van der Waals surface area contributed by atoms with Crippen molar-refractivity contribution in [2.45, 2.75) is 13.0 Å². The quantitative estimate of drug-likeness (QED) is 0.664. The molecule has 1 aliphatic rings. The number of aryl methyl sites for hydroxylation is 1. The number of carbonyl (C=O) groups is 1. The number of piperazine rings is 1. The highest BCUT2D eigenvalue weighted by Gasteiger charge is 2.31. The zero-order chi connectivity index (χ0) is 16.4. The molecule has 1 atom stereocenters. The van der Waals surface area contributed by atoms with Crippen molar-refractivity contribution in [3.63, 3.8) is 0 Å². The third-order valence-corrected chi connectivity index (χ3v) is 4.90. The third kappa shape index (κ3) is 3.55. The van der Waals surface area contributed by atoms with Gasteiger partial charge in [0.2, 0.25) is 0 Å². The molecule has 1 N–H and O–H groups in total. The van der Waals surface area contributed by atoms with Gasteiger partial charge in [-0.1, -0.05) is 6.07 Å². The predicted molar refractivity (Wildman–Crippen MR) is 93.8 cm³/mol. The van der Waals surface area contributed by atoms with Crippen LogP contribution < -0.4 is 5.32 Å². The normalized spacial score (nSPS) is 17.2. The van der Waals surface area contributed by atoms with E-state index in [2.05, 4.69) is 10.3 Å². The van der Waals surface area contributed by atoms with Crippen LogP contribution in [0.4, 0.5) is 5.69 Å². The van der Waals surface area contributed by atoms with E-state index in [4.69, 9.17) is 0 Å². The summed E-state index contributed by atoms with van der Waals surface area (Å²) < 4.78 is 0. The van der Waals surface area contributed by atoms with Gasteiger partial charge in [0.1, 0.15) is 0 Å². The van der Waals surface area contributed by atoms with Gasteiger partial charge < -0.3 is 10.2 Å². The van der Waals surface area contributed by atoms with Crippen LogP contribution in [0.15, 0.2) is 30.6 Å². The van der Waals surface area contributed by atoms with E-state index >= 15 is 0 Å². The fourth-order valence-electron chi connectivity index (χ4n) is 2.72. The lowest BCUT2D eigenvalue weighted by Gasteiger charge is -2.36. The molecule has 7 nitrogen and oxygen atoms in total. The molecular formula is C15H17ClN4O3S. The molecule has 2 aromatic rings. The van der Waals surface area contributed by atoms with Crippen LogP contribution in [0.2, 0.25) is 0 Å². The number of nitrogens with zero attached hydrogens (tertiary/aromatic N) is 3. The average molecular weight is 369 g/mol. The molecule has 0 bridgehead atoms. The summed E-state index contributed by atoms with van der Waals surface area (Å²) in [6.45, 7) is 3.57. The summed E-state index contributed by atoms with van der Waals surface area (Å²) in [4.78, 5) is 30.2. The van der Waals surface area contributed by atoms with Gasteiger partial charge in [0.25, 0.3) is 11.6 Å². The highest BCUT2D eigenvalue weighted by Crippen LogP contribution is 2.31. The third-order valence-electron chi connectivity index (χ3n) is 3.87. The van der Waals surface area contributed by atoms with Gasteiger partial charge in [-0.3, -0.25) is 19.9 Å². The summed E-state index contributed by atoms with van der Waals surface area (Å²) >= 11 is 1.17. The summed E-state index contributed by atoms with van der Waals surface area (Å²) in [5.41, 5.74) is 0.960. The fraction of sp³-hybridized carbons (Fsp3) is 0.333. The number of carbonyl (C=O) groups excluding carboxylic acids is 1. The molecule has 1 amide bonds. The monoisotopic (exact) mass is 368 g/mol. The minimum atomic E-state index is -0.445. The van der Waals surface area contributed by atoms with Gasteiger partial charge in [0.05, 0.1) is 20.7 Å². The Balaban J connectivity index is 0.00000208. The Morgan fingerprint density at radius 3 is 2.96 bits per heavy atom. The Hall–Kier alpha value is -2.03. The van der Waals surface area contributed by atoms with E-state index in [9.17, 15) is 14.9 Å². The highest BCUT2D eigenvalue weighted by atomic mass is 35.5. The Labute approximate surface area is 149 Å². The number of amides is 1. The number of halogens is 1. The molecule has 0 saturated carbocycles. The number of rotatable bonds is 3. The van der Waals surface area contributed by atoms with Crippen LogP contribution in [-0.2, 0) is 0 Å². The Morgan fingerprint density at radius 2 is 2.33 bits per heavy atom. The molecule has 1 fully saturated rings. The maximum Gasteiger partial charge on any atom is 0.283 e. The smallest absolute Gasteiger partial charge is 0.283 e. The summed E-state index contributed by atoms with van der Waals surface area (Å²) in [5, 5.41) is 14.3. The fourth-order valence-corrected chi connectivity index (χ4v) is 3.66. The molecular weight excluding hydrogens is 352 g/mol. The topological polar surface area (TPSA) is 88.4 Å². The maximum absolute atomic E-state index is 12.8. The largest absolute Gasteiger partial charge is 0.328 e. The average Bonchev–Trinajstić information content (AvgIpc) is 2.97. The van der Waals surface area contributed by atoms with Gasteiger partial charge in [0.15, 0.2) is 0 Å². The zero-order valence-corrected chi connectivity index (χ0v) is 14.6. The predicted octanol–water partition coefficient (Wildman–Crippen LogP) is 2.57. The molecule has 3 heterocycles. The summed E-state index contributed by atoms with van der Waals surface area (Å²) in [6, 6.07) is 5.04. The van der Waals surface area contributed by atoms with E-state index < -0.39 is 4.92 Å². The summed E-state index contributed by atoms with van der Waals surface area (Å²) in [5.74, 6) is -0.165. The van der Waals surface area contributed by atoms with E-state index in [0.717, 1.165) is 5.56 Å². The molecule has 2 aromatic heterocycles. The molecule has 128 valence electrons. The highest BCUT2D eigenvalue weighted by molar-refractivity contribution is 7.14. The molecule has 0 aromatic carbocycles. The van der Waals surface area contributed by atoms with E-state index in [1.807, 2.05) is 12.1 Å². The Kier molecular flexibility index (Phi) is 5.87. The maximum atomic E-state index is 12.8. The van der Waals surface area contributed by atoms with Gasteiger partial charge >= 0.3 is 0 Å². The van der Waals surface area contributed by atoms with Crippen LogP contribution in [0.5, 0.6) is 0 Å². The summed E-state index contributed by atoms with van der Waals surface area (Å²) in [7, 11) is 0. The van der Waals surface area contributed by atoms with Crippen LogP contribution in [0.3, 0.4) is 0 Å². The second kappa shape index (κ2) is 7.69. The van der Waals surface area contributed by atoms with Crippen LogP contribution >= 0.6 is 23.7 Å². The van der Waals surface area contributed by atoms with Crippen molar-refractivity contribution < 1.29 is 9.72 Å². The lowest BCUT2D eigenvalue weighted by Crippen LogP contribution is -2.48. The second-order valence-corrected chi connectivity index (χ2v) is 6.57. The molecule has 24 heavy (non-hydrogen) atoms. The van der Waals surface area contributed by atoms with Gasteiger partial charge in [0, 0.05) is 38.1 Å². The molecule has 3 rings (SSSR count). The summed E-state index contributed by atoms with van der Waals surface area (Å²) in [6.07, 6.45) is 3.44. The number of hydrogen-bond donors (Lipinski definition) is 1. The standard InChI is InChI=1S/C15H16N4O3S.ClH/c1-10-12(19(21)22)7-14(23-10)15(20)18-6-5-17-9-13(18)11-3-2-4-16-8-11;/h2-4,7-8,13,17H,5-6,9H2,1H3;1H. The Bertz CT molecular complexity index is 738.